The second kappa shape index (κ2) is 8.92. The Bertz CT molecular complexity index is 769. The molecule has 126 valence electrons. The van der Waals surface area contributed by atoms with Crippen molar-refractivity contribution in [3.05, 3.63) is 56.5 Å². The molecule has 24 heavy (non-hydrogen) atoms. The SMILES string of the molecule is COc1ccc(Br)cc1C=NNC(=O)COc1ccc(Cl)cc1Cl. The van der Waals surface area contributed by atoms with Crippen molar-refractivity contribution in [3.8, 4) is 11.5 Å². The van der Waals surface area contributed by atoms with Crippen LogP contribution in [0.5, 0.6) is 11.5 Å². The molecule has 8 heteroatoms. The van der Waals surface area contributed by atoms with Crippen LogP contribution in [0.4, 0.5) is 0 Å². The van der Waals surface area contributed by atoms with Crippen LogP contribution < -0.4 is 14.9 Å². The number of ether oxygens (including phenoxy) is 2. The van der Waals surface area contributed by atoms with Gasteiger partial charge in [-0.1, -0.05) is 39.1 Å². The minimum absolute atomic E-state index is 0.228. The minimum Gasteiger partial charge on any atom is -0.496 e. The molecule has 0 fully saturated rings. The lowest BCUT2D eigenvalue weighted by Gasteiger charge is -2.07. The Kier molecular flexibility index (Phi) is 6.90. The van der Waals surface area contributed by atoms with Crippen molar-refractivity contribution in [3.63, 3.8) is 0 Å². The first-order valence-corrected chi connectivity index (χ1v) is 8.28. The van der Waals surface area contributed by atoms with E-state index in [1.165, 1.54) is 12.3 Å². The van der Waals surface area contributed by atoms with Gasteiger partial charge in [0.1, 0.15) is 11.5 Å². The summed E-state index contributed by atoms with van der Waals surface area (Å²) < 4.78 is 11.4. The summed E-state index contributed by atoms with van der Waals surface area (Å²) in [6, 6.07) is 10.2. The molecule has 0 aromatic heterocycles. The average Bonchev–Trinajstić information content (AvgIpc) is 2.54. The molecule has 0 atom stereocenters. The van der Waals surface area contributed by atoms with Gasteiger partial charge in [0.15, 0.2) is 6.61 Å². The normalized spacial score (nSPS) is 10.7. The summed E-state index contributed by atoms with van der Waals surface area (Å²) in [5.41, 5.74) is 3.09. The van der Waals surface area contributed by atoms with Gasteiger partial charge in [-0.05, 0) is 36.4 Å². The molecule has 1 N–H and O–H groups in total. The number of nitrogens with zero attached hydrogens (tertiary/aromatic N) is 1. The number of nitrogens with one attached hydrogen (secondary N) is 1. The van der Waals surface area contributed by atoms with Gasteiger partial charge in [0.25, 0.3) is 5.91 Å². The van der Waals surface area contributed by atoms with Crippen LogP contribution in [0.3, 0.4) is 0 Å². The zero-order valence-corrected chi connectivity index (χ0v) is 15.7. The van der Waals surface area contributed by atoms with E-state index >= 15 is 0 Å². The molecule has 1 amide bonds. The summed E-state index contributed by atoms with van der Waals surface area (Å²) in [4.78, 5) is 11.7. The van der Waals surface area contributed by atoms with E-state index in [1.807, 2.05) is 12.1 Å². The first-order valence-electron chi connectivity index (χ1n) is 6.73. The maximum absolute atomic E-state index is 11.7. The summed E-state index contributed by atoms with van der Waals surface area (Å²) >= 11 is 15.1. The van der Waals surface area contributed by atoms with Crippen LogP contribution in [0.1, 0.15) is 5.56 Å². The van der Waals surface area contributed by atoms with Crippen molar-refractivity contribution in [2.45, 2.75) is 0 Å². The number of rotatable bonds is 6. The molecule has 0 radical (unpaired) electrons. The Hall–Kier alpha value is -1.76. The van der Waals surface area contributed by atoms with Crippen LogP contribution in [0, 0.1) is 0 Å². The van der Waals surface area contributed by atoms with Gasteiger partial charge in [-0.3, -0.25) is 4.79 Å². The van der Waals surface area contributed by atoms with Crippen LogP contribution in [0.2, 0.25) is 10.0 Å². The van der Waals surface area contributed by atoms with Crippen LogP contribution in [0.25, 0.3) is 0 Å². The Balaban J connectivity index is 1.90. The summed E-state index contributed by atoms with van der Waals surface area (Å²) in [7, 11) is 1.56. The van der Waals surface area contributed by atoms with E-state index in [-0.39, 0.29) is 6.61 Å². The summed E-state index contributed by atoms with van der Waals surface area (Å²) in [6.07, 6.45) is 1.48. The number of hydrogen-bond acceptors (Lipinski definition) is 4. The second-order valence-corrected chi connectivity index (χ2v) is 6.30. The highest BCUT2D eigenvalue weighted by molar-refractivity contribution is 9.10. The lowest BCUT2D eigenvalue weighted by molar-refractivity contribution is -0.123. The van der Waals surface area contributed by atoms with Gasteiger partial charge in [0.05, 0.1) is 18.3 Å². The third kappa shape index (κ3) is 5.40. The Labute approximate surface area is 157 Å². The molecular weight excluding hydrogens is 419 g/mol. The highest BCUT2D eigenvalue weighted by Gasteiger charge is 2.06. The highest BCUT2D eigenvalue weighted by atomic mass is 79.9. The van der Waals surface area contributed by atoms with E-state index < -0.39 is 5.91 Å². The van der Waals surface area contributed by atoms with Crippen LogP contribution in [-0.2, 0) is 4.79 Å². The Morgan fingerprint density at radius 2 is 2.00 bits per heavy atom. The molecule has 0 saturated heterocycles. The van der Waals surface area contributed by atoms with Crippen LogP contribution in [-0.4, -0.2) is 25.8 Å². The quantitative estimate of drug-likeness (QED) is 0.548. The molecule has 0 heterocycles. The lowest BCUT2D eigenvalue weighted by atomic mass is 10.2. The van der Waals surface area contributed by atoms with Gasteiger partial charge in [-0.25, -0.2) is 5.43 Å². The molecule has 2 aromatic rings. The summed E-state index contributed by atoms with van der Waals surface area (Å²) in [5, 5.41) is 4.70. The molecule has 0 unspecified atom stereocenters. The molecule has 0 aliphatic carbocycles. The molecule has 0 aliphatic heterocycles. The van der Waals surface area contributed by atoms with Gasteiger partial charge in [-0.15, -0.1) is 0 Å². The number of amides is 1. The van der Waals surface area contributed by atoms with Gasteiger partial charge < -0.3 is 9.47 Å². The number of carbonyl (C=O) groups is 1. The largest absolute Gasteiger partial charge is 0.496 e. The van der Waals surface area contributed by atoms with Crippen LogP contribution >= 0.6 is 39.1 Å². The van der Waals surface area contributed by atoms with Crippen molar-refractivity contribution < 1.29 is 14.3 Å². The predicted octanol–water partition coefficient (Wildman–Crippen LogP) is 4.29. The molecule has 0 bridgehead atoms. The second-order valence-electron chi connectivity index (χ2n) is 4.54. The van der Waals surface area contributed by atoms with E-state index in [4.69, 9.17) is 32.7 Å². The minimum atomic E-state index is -0.425. The number of methoxy groups -OCH3 is 1. The molecule has 2 rings (SSSR count). The monoisotopic (exact) mass is 430 g/mol. The first-order chi connectivity index (χ1) is 11.5. The lowest BCUT2D eigenvalue weighted by Crippen LogP contribution is -2.24. The summed E-state index contributed by atoms with van der Waals surface area (Å²) in [5.74, 6) is 0.584. The van der Waals surface area contributed by atoms with Crippen molar-refractivity contribution in [2.75, 3.05) is 13.7 Å². The summed E-state index contributed by atoms with van der Waals surface area (Å²) in [6.45, 7) is -0.228. The number of benzene rings is 2. The van der Waals surface area contributed by atoms with Crippen molar-refractivity contribution in [1.82, 2.24) is 5.43 Å². The van der Waals surface area contributed by atoms with E-state index in [0.717, 1.165) is 4.47 Å². The maximum Gasteiger partial charge on any atom is 0.277 e. The van der Waals surface area contributed by atoms with Crippen LogP contribution in [0.15, 0.2) is 46.0 Å². The van der Waals surface area contributed by atoms with Crippen molar-refractivity contribution in [1.29, 1.82) is 0 Å². The fourth-order valence-corrected chi connectivity index (χ4v) is 2.59. The fourth-order valence-electron chi connectivity index (χ4n) is 1.75. The standard InChI is InChI=1S/C16H13BrCl2N2O3/c1-23-14-4-2-11(17)6-10(14)8-20-21-16(22)9-24-15-5-3-12(18)7-13(15)19/h2-8H,9H2,1H3,(H,21,22). The average molecular weight is 432 g/mol. The fraction of sp³-hybridized carbons (Fsp3) is 0.125. The van der Waals surface area contributed by atoms with Crippen molar-refractivity contribution >= 4 is 51.3 Å². The molecular formula is C16H13BrCl2N2O3. The third-order valence-electron chi connectivity index (χ3n) is 2.84. The maximum atomic E-state index is 11.7. The van der Waals surface area contributed by atoms with E-state index in [1.54, 1.807) is 25.3 Å². The molecule has 5 nitrogen and oxygen atoms in total. The molecule has 0 saturated carbocycles. The predicted molar refractivity (Wildman–Crippen MR) is 98.4 cm³/mol. The van der Waals surface area contributed by atoms with Gasteiger partial charge in [-0.2, -0.15) is 5.10 Å². The smallest absolute Gasteiger partial charge is 0.277 e. The van der Waals surface area contributed by atoms with E-state index in [2.05, 4.69) is 26.5 Å². The Morgan fingerprint density at radius 3 is 2.71 bits per heavy atom. The number of hydrazone groups is 1. The number of hydrogen-bond donors (Lipinski definition) is 1. The van der Waals surface area contributed by atoms with E-state index in [9.17, 15) is 4.79 Å². The molecule has 0 spiro atoms. The van der Waals surface area contributed by atoms with E-state index in [0.29, 0.717) is 27.1 Å². The number of carbonyl (C=O) groups excluding carboxylic acids is 1. The topological polar surface area (TPSA) is 59.9 Å². The molecule has 2 aromatic carbocycles. The first kappa shape index (κ1) is 18.6. The van der Waals surface area contributed by atoms with Gasteiger partial charge in [0.2, 0.25) is 0 Å². The van der Waals surface area contributed by atoms with Gasteiger partial charge >= 0.3 is 0 Å². The highest BCUT2D eigenvalue weighted by Crippen LogP contribution is 2.27. The zero-order valence-electron chi connectivity index (χ0n) is 12.6. The third-order valence-corrected chi connectivity index (χ3v) is 3.86. The van der Waals surface area contributed by atoms with Gasteiger partial charge in [0, 0.05) is 15.1 Å². The molecule has 0 aliphatic rings. The van der Waals surface area contributed by atoms with Crippen molar-refractivity contribution in [2.24, 2.45) is 5.10 Å². The number of halogens is 3. The zero-order chi connectivity index (χ0) is 17.5. The Morgan fingerprint density at radius 1 is 1.25 bits per heavy atom.